The van der Waals surface area contributed by atoms with Gasteiger partial charge in [-0.25, -0.2) is 8.42 Å². The molecule has 142 valence electrons. The topological polar surface area (TPSA) is 60.9 Å². The van der Waals surface area contributed by atoms with Gasteiger partial charge in [-0.3, -0.25) is 4.79 Å². The van der Waals surface area contributed by atoms with E-state index in [1.165, 1.54) is 4.31 Å². The highest BCUT2D eigenvalue weighted by molar-refractivity contribution is 7.90. The molecule has 0 aromatic heterocycles. The first-order valence-corrected chi connectivity index (χ1v) is 11.1. The van der Waals surface area contributed by atoms with Crippen LogP contribution in [0.2, 0.25) is 10.0 Å². The maximum atomic E-state index is 12.6. The Hall–Kier alpha value is -1.02. The quantitative estimate of drug-likeness (QED) is 0.751. The van der Waals surface area contributed by atoms with E-state index in [1.807, 2.05) is 17.0 Å². The van der Waals surface area contributed by atoms with Gasteiger partial charge in [0.15, 0.2) is 0 Å². The van der Waals surface area contributed by atoms with Gasteiger partial charge in [0.25, 0.3) is 0 Å². The van der Waals surface area contributed by atoms with Gasteiger partial charge in [-0.15, -0.1) is 0 Å². The Morgan fingerprint density at radius 2 is 1.69 bits per heavy atom. The van der Waals surface area contributed by atoms with Gasteiger partial charge in [0.05, 0.1) is 26.9 Å². The van der Waals surface area contributed by atoms with Crippen LogP contribution in [0.1, 0.15) is 12.8 Å². The first-order chi connectivity index (χ1) is 12.4. The number of benzene rings is 1. The SMILES string of the molecule is O=C(C1CN(S(=O)(=O)C2CC2)C1)N1CCN(c2cccc(Cl)c2Cl)CC1. The Morgan fingerprint density at radius 3 is 2.31 bits per heavy atom. The molecule has 1 amide bonds. The lowest BCUT2D eigenvalue weighted by Crippen LogP contribution is -2.59. The van der Waals surface area contributed by atoms with Crippen molar-refractivity contribution in [2.45, 2.75) is 18.1 Å². The molecule has 6 nitrogen and oxygen atoms in total. The predicted molar refractivity (Wildman–Crippen MR) is 102 cm³/mol. The number of anilines is 1. The minimum Gasteiger partial charge on any atom is -0.367 e. The molecule has 9 heteroatoms. The van der Waals surface area contributed by atoms with Gasteiger partial charge < -0.3 is 9.80 Å². The van der Waals surface area contributed by atoms with Crippen molar-refractivity contribution >= 4 is 44.8 Å². The third-order valence-corrected chi connectivity index (χ3v) is 8.51. The molecule has 0 radical (unpaired) electrons. The van der Waals surface area contributed by atoms with Crippen LogP contribution in [0.15, 0.2) is 18.2 Å². The summed E-state index contributed by atoms with van der Waals surface area (Å²) in [6, 6.07) is 5.55. The number of sulfonamides is 1. The summed E-state index contributed by atoms with van der Waals surface area (Å²) >= 11 is 12.4. The van der Waals surface area contributed by atoms with Crippen LogP contribution in [0, 0.1) is 5.92 Å². The van der Waals surface area contributed by atoms with Gasteiger partial charge in [0, 0.05) is 39.3 Å². The van der Waals surface area contributed by atoms with E-state index in [4.69, 9.17) is 23.2 Å². The maximum Gasteiger partial charge on any atom is 0.228 e. The van der Waals surface area contributed by atoms with Crippen LogP contribution in [0.4, 0.5) is 5.69 Å². The van der Waals surface area contributed by atoms with Crippen LogP contribution < -0.4 is 4.90 Å². The Morgan fingerprint density at radius 1 is 1.04 bits per heavy atom. The molecule has 1 saturated carbocycles. The molecule has 2 aliphatic heterocycles. The molecule has 2 heterocycles. The second-order valence-electron chi connectivity index (χ2n) is 7.14. The number of rotatable bonds is 4. The van der Waals surface area contributed by atoms with Crippen molar-refractivity contribution in [2.24, 2.45) is 5.92 Å². The van der Waals surface area contributed by atoms with Gasteiger partial charge in [-0.05, 0) is 25.0 Å². The molecule has 3 aliphatic rings. The molecule has 4 rings (SSSR count). The number of hydrogen-bond acceptors (Lipinski definition) is 4. The zero-order valence-corrected chi connectivity index (χ0v) is 16.6. The van der Waals surface area contributed by atoms with Gasteiger partial charge in [0.2, 0.25) is 15.9 Å². The molecule has 2 saturated heterocycles. The largest absolute Gasteiger partial charge is 0.367 e. The maximum absolute atomic E-state index is 12.6. The molecule has 0 atom stereocenters. The fourth-order valence-corrected chi connectivity index (χ4v) is 5.89. The summed E-state index contributed by atoms with van der Waals surface area (Å²) in [6.45, 7) is 3.24. The molecule has 0 N–H and O–H groups in total. The first-order valence-electron chi connectivity index (χ1n) is 8.84. The second-order valence-corrected chi connectivity index (χ2v) is 10.1. The van der Waals surface area contributed by atoms with Crippen LogP contribution in [0.25, 0.3) is 0 Å². The highest BCUT2D eigenvalue weighted by atomic mass is 35.5. The molecule has 0 bridgehead atoms. The Kier molecular flexibility index (Phi) is 4.84. The highest BCUT2D eigenvalue weighted by Crippen LogP contribution is 2.35. The molecule has 1 aromatic rings. The van der Waals surface area contributed by atoms with E-state index in [-0.39, 0.29) is 17.1 Å². The third-order valence-electron chi connectivity index (χ3n) is 5.37. The van der Waals surface area contributed by atoms with Crippen LogP contribution in [0.3, 0.4) is 0 Å². The lowest BCUT2D eigenvalue weighted by Gasteiger charge is -2.42. The summed E-state index contributed by atoms with van der Waals surface area (Å²) in [7, 11) is -3.15. The molecular weight excluding hydrogens is 397 g/mol. The first kappa shape index (κ1) is 18.3. The van der Waals surface area contributed by atoms with Crippen LogP contribution >= 0.6 is 23.2 Å². The van der Waals surface area contributed by atoms with E-state index < -0.39 is 10.0 Å². The van der Waals surface area contributed by atoms with Gasteiger partial charge in [0.1, 0.15) is 0 Å². The van der Waals surface area contributed by atoms with E-state index in [0.29, 0.717) is 49.3 Å². The number of hydrogen-bond donors (Lipinski definition) is 0. The smallest absolute Gasteiger partial charge is 0.228 e. The monoisotopic (exact) mass is 417 g/mol. The molecule has 0 unspecified atom stereocenters. The lowest BCUT2D eigenvalue weighted by atomic mass is 10.0. The standard InChI is InChI=1S/C17H21Cl2N3O3S/c18-14-2-1-3-15(16(14)19)20-6-8-21(9-7-20)17(23)12-10-22(11-12)26(24,25)13-4-5-13/h1-3,12-13H,4-11H2. The fourth-order valence-electron chi connectivity index (χ4n) is 3.54. The summed E-state index contributed by atoms with van der Waals surface area (Å²) in [5.74, 6) is -0.145. The lowest BCUT2D eigenvalue weighted by molar-refractivity contribution is -0.139. The van der Waals surface area contributed by atoms with Crippen LogP contribution in [-0.2, 0) is 14.8 Å². The zero-order valence-electron chi connectivity index (χ0n) is 14.3. The van der Waals surface area contributed by atoms with E-state index in [0.717, 1.165) is 18.5 Å². The molecular formula is C17H21Cl2N3O3S. The number of carbonyl (C=O) groups excluding carboxylic acids is 1. The summed E-state index contributed by atoms with van der Waals surface area (Å²) in [5, 5.41) is 0.854. The van der Waals surface area contributed by atoms with Crippen molar-refractivity contribution in [3.05, 3.63) is 28.2 Å². The number of amides is 1. The number of halogens is 2. The van der Waals surface area contributed by atoms with Crippen LogP contribution in [0.5, 0.6) is 0 Å². The molecule has 3 fully saturated rings. The Balaban J connectivity index is 1.31. The molecule has 1 aliphatic carbocycles. The Labute approximate surface area is 163 Å². The minimum atomic E-state index is -3.15. The third kappa shape index (κ3) is 3.30. The summed E-state index contributed by atoms with van der Waals surface area (Å²) in [4.78, 5) is 16.6. The normalized spacial score (nSPS) is 22.4. The van der Waals surface area contributed by atoms with Gasteiger partial charge in [-0.2, -0.15) is 4.31 Å². The van der Waals surface area contributed by atoms with E-state index >= 15 is 0 Å². The fraction of sp³-hybridized carbons (Fsp3) is 0.588. The molecule has 1 aromatic carbocycles. The minimum absolute atomic E-state index is 0.0593. The van der Waals surface area contributed by atoms with Crippen molar-refractivity contribution in [1.29, 1.82) is 0 Å². The number of piperazine rings is 1. The van der Waals surface area contributed by atoms with E-state index in [1.54, 1.807) is 6.07 Å². The Bertz CT molecular complexity index is 815. The molecule has 0 spiro atoms. The summed E-state index contributed by atoms with van der Waals surface area (Å²) in [6.07, 6.45) is 1.51. The number of carbonyl (C=O) groups is 1. The van der Waals surface area contributed by atoms with Crippen molar-refractivity contribution in [3.63, 3.8) is 0 Å². The number of nitrogens with zero attached hydrogens (tertiary/aromatic N) is 3. The predicted octanol–water partition coefficient (Wildman–Crippen LogP) is 2.07. The van der Waals surface area contributed by atoms with Crippen molar-refractivity contribution in [3.8, 4) is 0 Å². The van der Waals surface area contributed by atoms with Crippen molar-refractivity contribution in [1.82, 2.24) is 9.21 Å². The van der Waals surface area contributed by atoms with Crippen LogP contribution in [-0.4, -0.2) is 68.0 Å². The van der Waals surface area contributed by atoms with Gasteiger partial charge in [-0.1, -0.05) is 29.3 Å². The second kappa shape index (κ2) is 6.86. The van der Waals surface area contributed by atoms with E-state index in [9.17, 15) is 13.2 Å². The molecule has 26 heavy (non-hydrogen) atoms. The highest BCUT2D eigenvalue weighted by Gasteiger charge is 2.47. The summed E-state index contributed by atoms with van der Waals surface area (Å²) < 4.78 is 25.8. The van der Waals surface area contributed by atoms with Crippen molar-refractivity contribution in [2.75, 3.05) is 44.2 Å². The van der Waals surface area contributed by atoms with Gasteiger partial charge >= 0.3 is 0 Å². The van der Waals surface area contributed by atoms with Crippen molar-refractivity contribution < 1.29 is 13.2 Å². The van der Waals surface area contributed by atoms with E-state index in [2.05, 4.69) is 4.90 Å². The summed E-state index contributed by atoms with van der Waals surface area (Å²) in [5.41, 5.74) is 0.886. The average Bonchev–Trinajstić information content (AvgIpc) is 3.41. The average molecular weight is 418 g/mol. The zero-order chi connectivity index (χ0) is 18.5.